The molecule has 19 heteroatoms. The molecule has 17 nitrogen and oxygen atoms in total. The second kappa shape index (κ2) is 60.5. The molecule has 0 aromatic carbocycles. The highest BCUT2D eigenvalue weighted by atomic mass is 31.2. The summed E-state index contributed by atoms with van der Waals surface area (Å²) >= 11 is 0. The van der Waals surface area contributed by atoms with Gasteiger partial charge in [0.15, 0.2) is 12.2 Å². The maximum Gasteiger partial charge on any atom is 0.472 e. The van der Waals surface area contributed by atoms with Crippen LogP contribution in [-0.4, -0.2) is 96.7 Å². The summed E-state index contributed by atoms with van der Waals surface area (Å²) in [6.45, 7) is 11.7. The van der Waals surface area contributed by atoms with Crippen LogP contribution >= 0.6 is 15.6 Å². The Hall–Kier alpha value is -2.46. The molecule has 4 unspecified atom stereocenters. The Labute approximate surface area is 542 Å². The topological polar surface area (TPSA) is 237 Å². The van der Waals surface area contributed by atoms with Gasteiger partial charge in [-0.1, -0.05) is 272 Å². The van der Waals surface area contributed by atoms with E-state index in [2.05, 4.69) is 72.8 Å². The van der Waals surface area contributed by atoms with Gasteiger partial charge in [-0.15, -0.1) is 0 Å². The third kappa shape index (κ3) is 61.5. The van der Waals surface area contributed by atoms with Crippen molar-refractivity contribution < 1.29 is 80.2 Å². The number of hydrogen-bond acceptors (Lipinski definition) is 15. The second-order valence-corrected chi connectivity index (χ2v) is 28.5. The molecule has 89 heavy (non-hydrogen) atoms. The van der Waals surface area contributed by atoms with E-state index in [9.17, 15) is 43.2 Å². The van der Waals surface area contributed by atoms with Crippen molar-refractivity contribution in [2.75, 3.05) is 39.6 Å². The number of rotatable bonds is 66. The molecule has 0 aromatic rings. The van der Waals surface area contributed by atoms with E-state index in [1.165, 1.54) is 109 Å². The Balaban J connectivity index is 5.29. The van der Waals surface area contributed by atoms with Crippen molar-refractivity contribution in [3.05, 3.63) is 24.3 Å². The van der Waals surface area contributed by atoms with E-state index in [0.717, 1.165) is 127 Å². The molecular formula is C70H132O17P2. The monoisotopic (exact) mass is 1310 g/mol. The molecule has 0 aliphatic rings. The number of phosphoric ester groups is 2. The van der Waals surface area contributed by atoms with E-state index >= 15 is 0 Å². The average Bonchev–Trinajstić information content (AvgIpc) is 3.68. The predicted molar refractivity (Wildman–Crippen MR) is 358 cm³/mol. The van der Waals surface area contributed by atoms with E-state index in [4.69, 9.17) is 37.0 Å². The molecule has 0 aliphatic heterocycles. The highest BCUT2D eigenvalue weighted by molar-refractivity contribution is 7.47. The molecule has 7 atom stereocenters. The molecule has 0 bridgehead atoms. The first-order valence-corrected chi connectivity index (χ1v) is 38.7. The minimum absolute atomic E-state index is 0.0987. The maximum absolute atomic E-state index is 13.0. The minimum atomic E-state index is -4.96. The van der Waals surface area contributed by atoms with E-state index in [1.54, 1.807) is 0 Å². The molecule has 0 aliphatic carbocycles. The summed E-state index contributed by atoms with van der Waals surface area (Å²) in [7, 11) is -9.91. The van der Waals surface area contributed by atoms with Crippen molar-refractivity contribution in [3.8, 4) is 0 Å². The van der Waals surface area contributed by atoms with Gasteiger partial charge in [0, 0.05) is 25.7 Å². The van der Waals surface area contributed by atoms with Gasteiger partial charge < -0.3 is 33.8 Å². The van der Waals surface area contributed by atoms with Gasteiger partial charge in [0.25, 0.3) is 0 Å². The number of hydrogen-bond donors (Lipinski definition) is 3. The van der Waals surface area contributed by atoms with Gasteiger partial charge in [0.05, 0.1) is 26.4 Å². The fourth-order valence-electron chi connectivity index (χ4n) is 9.94. The van der Waals surface area contributed by atoms with Crippen molar-refractivity contribution in [2.45, 2.75) is 343 Å². The zero-order chi connectivity index (χ0) is 65.9. The molecule has 524 valence electrons. The van der Waals surface area contributed by atoms with Crippen molar-refractivity contribution in [1.29, 1.82) is 0 Å². The fourth-order valence-corrected chi connectivity index (χ4v) is 11.5. The number of allylic oxidation sites excluding steroid dienone is 4. The predicted octanol–water partition coefficient (Wildman–Crippen LogP) is 19.4. The van der Waals surface area contributed by atoms with Crippen molar-refractivity contribution in [2.24, 2.45) is 17.8 Å². The molecule has 0 amide bonds. The van der Waals surface area contributed by atoms with Crippen LogP contribution in [0.3, 0.4) is 0 Å². The standard InChI is InChI=1S/C70H132O17P2/c1-8-11-12-13-14-15-16-17-18-19-20-24-29-37-44-51-67(72)80-57-65(86-69(74)53-46-39-30-25-22-21-23-28-35-42-49-62(6)9-2)59-84-88(76,77)82-55-64(71)56-83-89(78,79)85-60-66(87-70(75)54-47-40-31-26-27-34-41-48-61(4)5)58-81-68(73)52-45-38-33-32-36-43-50-63(7)10-3/h15-18,61-66,71H,8-14,19-60H2,1-7H3,(H,76,77)(H,78,79)/b16-15-,18-17-/t62?,63?,64-,65-,66-/m1/s1. The van der Waals surface area contributed by atoms with Gasteiger partial charge in [-0.05, 0) is 69.1 Å². The van der Waals surface area contributed by atoms with Crippen LogP contribution in [0.5, 0.6) is 0 Å². The van der Waals surface area contributed by atoms with Gasteiger partial charge >= 0.3 is 39.5 Å². The molecule has 0 saturated heterocycles. The molecule has 0 saturated carbocycles. The summed E-state index contributed by atoms with van der Waals surface area (Å²) in [4.78, 5) is 72.5. The number of esters is 4. The van der Waals surface area contributed by atoms with Crippen LogP contribution in [0.2, 0.25) is 0 Å². The molecule has 0 aromatic heterocycles. The number of phosphoric acid groups is 2. The highest BCUT2D eigenvalue weighted by Crippen LogP contribution is 2.45. The first-order chi connectivity index (χ1) is 42.8. The summed E-state index contributed by atoms with van der Waals surface area (Å²) in [5, 5.41) is 10.6. The maximum atomic E-state index is 13.0. The molecule has 0 fully saturated rings. The number of ether oxygens (including phenoxy) is 4. The lowest BCUT2D eigenvalue weighted by Gasteiger charge is -2.21. The molecule has 0 rings (SSSR count). The van der Waals surface area contributed by atoms with Crippen molar-refractivity contribution in [1.82, 2.24) is 0 Å². The van der Waals surface area contributed by atoms with Crippen LogP contribution in [0.25, 0.3) is 0 Å². The zero-order valence-corrected chi connectivity index (χ0v) is 59.2. The van der Waals surface area contributed by atoms with E-state index < -0.39 is 97.5 Å². The summed E-state index contributed by atoms with van der Waals surface area (Å²) in [6, 6.07) is 0. The smallest absolute Gasteiger partial charge is 0.462 e. The number of unbranched alkanes of at least 4 members (excludes halogenated alkanes) is 29. The Kier molecular flexibility index (Phi) is 58.8. The van der Waals surface area contributed by atoms with E-state index in [-0.39, 0.29) is 25.7 Å². The summed E-state index contributed by atoms with van der Waals surface area (Å²) < 4.78 is 68.2. The second-order valence-electron chi connectivity index (χ2n) is 25.5. The van der Waals surface area contributed by atoms with Crippen molar-refractivity contribution in [3.63, 3.8) is 0 Å². The quantitative estimate of drug-likeness (QED) is 0.0169. The summed E-state index contributed by atoms with van der Waals surface area (Å²) in [5.74, 6) is 0.0628. The van der Waals surface area contributed by atoms with Crippen molar-refractivity contribution >= 4 is 39.5 Å². The van der Waals surface area contributed by atoms with Gasteiger partial charge in [-0.2, -0.15) is 0 Å². The number of carbonyl (C=O) groups is 4. The number of aliphatic hydroxyl groups is 1. The fraction of sp³-hybridized carbons (Fsp3) is 0.886. The Bertz CT molecular complexity index is 1850. The van der Waals surface area contributed by atoms with Crippen LogP contribution in [-0.2, 0) is 65.4 Å². The lowest BCUT2D eigenvalue weighted by Crippen LogP contribution is -2.30. The lowest BCUT2D eigenvalue weighted by atomic mass is 9.99. The summed E-state index contributed by atoms with van der Waals surface area (Å²) in [5.41, 5.74) is 0. The van der Waals surface area contributed by atoms with Gasteiger partial charge in [0.1, 0.15) is 19.3 Å². The first kappa shape index (κ1) is 86.5. The van der Waals surface area contributed by atoms with E-state index in [0.29, 0.717) is 31.6 Å². The van der Waals surface area contributed by atoms with Crippen LogP contribution < -0.4 is 0 Å². The molecule has 0 radical (unpaired) electrons. The zero-order valence-electron chi connectivity index (χ0n) is 57.4. The lowest BCUT2D eigenvalue weighted by molar-refractivity contribution is -0.161. The van der Waals surface area contributed by atoms with Crippen LogP contribution in [0.4, 0.5) is 0 Å². The number of carbonyl (C=O) groups excluding carboxylic acids is 4. The molecule has 3 N–H and O–H groups in total. The number of aliphatic hydroxyl groups excluding tert-OH is 1. The SMILES string of the molecule is CCCCCC/C=C\C=C/CCCCCCCC(=O)OC[C@H](COP(=O)(O)OC[C@@H](O)COP(=O)(O)OC[C@@H](COC(=O)CCCCCCCCC(C)CC)OC(=O)CCCCCCCCCC(C)C)OC(=O)CCCCCCCCCCCCC(C)CC. The summed E-state index contributed by atoms with van der Waals surface area (Å²) in [6.07, 6.45) is 46.7. The molecular weight excluding hydrogens is 1170 g/mol. The average molecular weight is 1310 g/mol. The van der Waals surface area contributed by atoms with E-state index in [1.807, 2.05) is 0 Å². The first-order valence-electron chi connectivity index (χ1n) is 35.7. The normalized spacial score (nSPS) is 15.0. The van der Waals surface area contributed by atoms with Gasteiger partial charge in [-0.25, -0.2) is 9.13 Å². The Morgan fingerprint density at radius 1 is 0.371 bits per heavy atom. The Morgan fingerprint density at radius 3 is 1.00 bits per heavy atom. The third-order valence-corrected chi connectivity index (χ3v) is 18.1. The van der Waals surface area contributed by atoms with Crippen LogP contribution in [0, 0.1) is 17.8 Å². The third-order valence-electron chi connectivity index (χ3n) is 16.2. The molecule has 0 heterocycles. The van der Waals surface area contributed by atoms with Crippen LogP contribution in [0.1, 0.15) is 325 Å². The van der Waals surface area contributed by atoms with Crippen LogP contribution in [0.15, 0.2) is 24.3 Å². The van der Waals surface area contributed by atoms with Gasteiger partial charge in [0.2, 0.25) is 0 Å². The minimum Gasteiger partial charge on any atom is -0.462 e. The highest BCUT2D eigenvalue weighted by Gasteiger charge is 2.30. The Morgan fingerprint density at radius 2 is 0.663 bits per heavy atom. The largest absolute Gasteiger partial charge is 0.472 e. The van der Waals surface area contributed by atoms with Gasteiger partial charge in [-0.3, -0.25) is 37.3 Å². The molecule has 0 spiro atoms.